The van der Waals surface area contributed by atoms with Crippen LogP contribution in [0, 0.1) is 13.8 Å². The summed E-state index contributed by atoms with van der Waals surface area (Å²) in [6.45, 7) is 3.10. The highest BCUT2D eigenvalue weighted by atomic mass is 35.7. The zero-order valence-corrected chi connectivity index (χ0v) is 11.4. The summed E-state index contributed by atoms with van der Waals surface area (Å²) >= 11 is 0. The first-order chi connectivity index (χ1) is 7.50. The summed E-state index contributed by atoms with van der Waals surface area (Å²) in [5.41, 5.74) is 1.08. The number of nitrogens with one attached hydrogen (secondary N) is 1. The number of hydrogen-bond acceptors (Lipinski definition) is 4. The van der Waals surface area contributed by atoms with Crippen LogP contribution >= 0.6 is 10.7 Å². The molecule has 3 N–H and O–H groups in total. The van der Waals surface area contributed by atoms with Crippen molar-refractivity contribution in [2.45, 2.75) is 18.7 Å². The van der Waals surface area contributed by atoms with Gasteiger partial charge in [0.25, 0.3) is 19.3 Å². The first-order valence-corrected chi connectivity index (χ1v) is 8.23. The molecule has 96 valence electrons. The minimum Gasteiger partial charge on any atom is -0.271 e. The van der Waals surface area contributed by atoms with E-state index in [-0.39, 0.29) is 10.6 Å². The lowest BCUT2D eigenvalue weighted by molar-refractivity contribution is 0.602. The van der Waals surface area contributed by atoms with Gasteiger partial charge >= 0.3 is 0 Å². The van der Waals surface area contributed by atoms with E-state index in [2.05, 4.69) is 4.72 Å². The normalized spacial score (nSPS) is 12.5. The van der Waals surface area contributed by atoms with Gasteiger partial charge in [-0.05, 0) is 37.1 Å². The van der Waals surface area contributed by atoms with E-state index in [1.807, 2.05) is 0 Å². The molecule has 0 amide bonds. The number of benzene rings is 1. The van der Waals surface area contributed by atoms with Crippen molar-refractivity contribution in [1.82, 2.24) is 0 Å². The molecule has 0 bridgehead atoms. The lowest BCUT2D eigenvalue weighted by Gasteiger charge is -2.12. The zero-order chi connectivity index (χ0) is 13.4. The first kappa shape index (κ1) is 14.2. The van der Waals surface area contributed by atoms with Gasteiger partial charge in [-0.1, -0.05) is 0 Å². The molecule has 0 aliphatic rings. The third-order valence-electron chi connectivity index (χ3n) is 2.03. The maximum absolute atomic E-state index is 11.1. The second kappa shape index (κ2) is 4.45. The number of nitrogens with two attached hydrogens (primary N) is 1. The van der Waals surface area contributed by atoms with Crippen LogP contribution in [0.3, 0.4) is 0 Å². The summed E-state index contributed by atoms with van der Waals surface area (Å²) in [7, 11) is -2.55. The average Bonchev–Trinajstić information content (AvgIpc) is 2.07. The lowest BCUT2D eigenvalue weighted by atomic mass is 10.1. The van der Waals surface area contributed by atoms with Crippen molar-refractivity contribution in [3.63, 3.8) is 0 Å². The van der Waals surface area contributed by atoms with Crippen LogP contribution in [0.15, 0.2) is 17.0 Å². The Labute approximate surface area is 104 Å². The Hall–Kier alpha value is -0.830. The Bertz CT molecular complexity index is 629. The van der Waals surface area contributed by atoms with E-state index >= 15 is 0 Å². The summed E-state index contributed by atoms with van der Waals surface area (Å²) in [5.74, 6) is 0. The maximum atomic E-state index is 11.1. The van der Waals surface area contributed by atoms with Crippen molar-refractivity contribution in [2.75, 3.05) is 4.72 Å². The first-order valence-electron chi connectivity index (χ1n) is 4.37. The van der Waals surface area contributed by atoms with Gasteiger partial charge in [-0.2, -0.15) is 8.42 Å². The smallest absolute Gasteiger partial charge is 0.271 e. The molecule has 1 aromatic rings. The van der Waals surface area contributed by atoms with Crippen molar-refractivity contribution in [1.29, 1.82) is 0 Å². The van der Waals surface area contributed by atoms with Crippen LogP contribution < -0.4 is 9.86 Å². The molecule has 9 heteroatoms. The van der Waals surface area contributed by atoms with E-state index < -0.39 is 19.3 Å². The van der Waals surface area contributed by atoms with Gasteiger partial charge in [0.05, 0.1) is 10.6 Å². The summed E-state index contributed by atoms with van der Waals surface area (Å²) in [6.07, 6.45) is 0. The molecular weight excluding hydrogens is 288 g/mol. The number of hydrogen-bond donors (Lipinski definition) is 2. The zero-order valence-electron chi connectivity index (χ0n) is 9.06. The Morgan fingerprint density at radius 2 is 1.53 bits per heavy atom. The van der Waals surface area contributed by atoms with Crippen molar-refractivity contribution < 1.29 is 16.8 Å². The molecule has 1 rings (SSSR count). The molecule has 0 fully saturated rings. The molecule has 1 aromatic carbocycles. The molecule has 6 nitrogen and oxygen atoms in total. The van der Waals surface area contributed by atoms with Crippen LogP contribution in [0.1, 0.15) is 11.1 Å². The average molecular weight is 299 g/mol. The van der Waals surface area contributed by atoms with Crippen LogP contribution in [0.25, 0.3) is 0 Å². The number of halogens is 1. The Balaban J connectivity index is 3.40. The monoisotopic (exact) mass is 298 g/mol. The van der Waals surface area contributed by atoms with E-state index in [4.69, 9.17) is 15.8 Å². The molecule has 0 radical (unpaired) electrons. The second-order valence-electron chi connectivity index (χ2n) is 3.52. The van der Waals surface area contributed by atoms with Gasteiger partial charge in [0.15, 0.2) is 0 Å². The minimum atomic E-state index is -3.90. The molecule has 0 unspecified atom stereocenters. The van der Waals surface area contributed by atoms with Crippen molar-refractivity contribution in [3.8, 4) is 0 Å². The summed E-state index contributed by atoms with van der Waals surface area (Å²) in [5, 5.41) is 4.85. The van der Waals surface area contributed by atoms with Gasteiger partial charge in [-0.25, -0.2) is 13.6 Å². The molecule has 0 aliphatic carbocycles. The van der Waals surface area contributed by atoms with E-state index in [0.717, 1.165) is 0 Å². The maximum Gasteiger partial charge on any atom is 0.296 e. The van der Waals surface area contributed by atoms with Crippen molar-refractivity contribution >= 4 is 35.6 Å². The van der Waals surface area contributed by atoms with Crippen molar-refractivity contribution in [3.05, 3.63) is 23.3 Å². The van der Waals surface area contributed by atoms with E-state index in [0.29, 0.717) is 11.1 Å². The SMILES string of the molecule is Cc1cc(S(=O)(=O)Cl)cc(C)c1NS(N)(=O)=O. The van der Waals surface area contributed by atoms with Crippen LogP contribution in [0.5, 0.6) is 0 Å². The van der Waals surface area contributed by atoms with E-state index in [1.54, 1.807) is 13.8 Å². The van der Waals surface area contributed by atoms with Crippen LogP contribution in [-0.2, 0) is 19.3 Å². The fraction of sp³-hybridized carbons (Fsp3) is 0.250. The molecular formula is C8H11ClN2O4S2. The topological polar surface area (TPSA) is 106 Å². The van der Waals surface area contributed by atoms with E-state index in [1.165, 1.54) is 12.1 Å². The predicted octanol–water partition coefficient (Wildman–Crippen LogP) is 0.846. The van der Waals surface area contributed by atoms with Gasteiger partial charge in [0.1, 0.15) is 0 Å². The molecule has 0 atom stereocenters. The highest BCUT2D eigenvalue weighted by Crippen LogP contribution is 2.26. The fourth-order valence-electron chi connectivity index (χ4n) is 1.37. The minimum absolute atomic E-state index is 0.0888. The molecule has 17 heavy (non-hydrogen) atoms. The largest absolute Gasteiger partial charge is 0.296 e. The predicted molar refractivity (Wildman–Crippen MR) is 65.7 cm³/mol. The molecule has 0 heterocycles. The summed E-state index contributed by atoms with van der Waals surface area (Å²) < 4.78 is 46.2. The quantitative estimate of drug-likeness (QED) is 0.807. The standard InChI is InChI=1S/C8H11ClN2O4S2/c1-5-3-7(16(9,12)13)4-6(2)8(5)11-17(10,14)15/h3-4,11H,1-2H3,(H2,10,14,15). The molecule has 0 spiro atoms. The third-order valence-corrected chi connectivity index (χ3v) is 3.85. The number of aryl methyl sites for hydroxylation is 2. The fourth-order valence-corrected chi connectivity index (χ4v) is 2.88. The van der Waals surface area contributed by atoms with Gasteiger partial charge in [-0.3, -0.25) is 4.72 Å². The van der Waals surface area contributed by atoms with Crippen molar-refractivity contribution in [2.24, 2.45) is 5.14 Å². The Kier molecular flexibility index (Phi) is 3.72. The summed E-state index contributed by atoms with van der Waals surface area (Å²) in [6, 6.07) is 2.53. The highest BCUT2D eigenvalue weighted by Gasteiger charge is 2.15. The number of rotatable bonds is 3. The third kappa shape index (κ3) is 3.84. The van der Waals surface area contributed by atoms with Gasteiger partial charge < -0.3 is 0 Å². The molecule has 0 saturated heterocycles. The van der Waals surface area contributed by atoms with Gasteiger partial charge in [0.2, 0.25) is 0 Å². The molecule has 0 saturated carbocycles. The second-order valence-corrected chi connectivity index (χ2v) is 7.38. The van der Waals surface area contributed by atoms with Gasteiger partial charge in [-0.15, -0.1) is 0 Å². The Morgan fingerprint density at radius 1 is 1.12 bits per heavy atom. The molecule has 0 aromatic heterocycles. The highest BCUT2D eigenvalue weighted by molar-refractivity contribution is 8.13. The van der Waals surface area contributed by atoms with Crippen LogP contribution in [-0.4, -0.2) is 16.8 Å². The number of anilines is 1. The summed E-state index contributed by atoms with van der Waals surface area (Å²) in [4.78, 5) is -0.0888. The van der Waals surface area contributed by atoms with Gasteiger partial charge in [0, 0.05) is 10.7 Å². The van der Waals surface area contributed by atoms with E-state index in [9.17, 15) is 16.8 Å². The lowest BCUT2D eigenvalue weighted by Crippen LogP contribution is -2.22. The molecule has 0 aliphatic heterocycles. The van der Waals surface area contributed by atoms with Crippen LogP contribution in [0.4, 0.5) is 5.69 Å². The van der Waals surface area contributed by atoms with Crippen LogP contribution in [0.2, 0.25) is 0 Å². The Morgan fingerprint density at radius 3 is 1.82 bits per heavy atom.